The average molecular weight is 276 g/mol. The van der Waals surface area contributed by atoms with Gasteiger partial charge in [0.25, 0.3) is 0 Å². The lowest BCUT2D eigenvalue weighted by atomic mass is 10.3. The van der Waals surface area contributed by atoms with Crippen molar-refractivity contribution in [2.24, 2.45) is 0 Å². The first-order valence-corrected chi connectivity index (χ1v) is 5.73. The number of carbonyl (C=O) groups is 1. The smallest absolute Gasteiger partial charge is 0.316 e. The minimum Gasteiger partial charge on any atom is -0.468 e. The lowest BCUT2D eigenvalue weighted by Crippen LogP contribution is -2.03. The van der Waals surface area contributed by atoms with Crippen molar-refractivity contribution in [3.8, 4) is 0 Å². The highest BCUT2D eigenvalue weighted by molar-refractivity contribution is 9.10. The van der Waals surface area contributed by atoms with Gasteiger partial charge >= 0.3 is 5.97 Å². The van der Waals surface area contributed by atoms with E-state index >= 15 is 0 Å². The molecular formula is C9H10BrNO2S. The average Bonchev–Trinajstić information content (AvgIpc) is 2.16. The molecule has 0 aliphatic heterocycles. The van der Waals surface area contributed by atoms with Gasteiger partial charge in [-0.25, -0.2) is 4.98 Å². The van der Waals surface area contributed by atoms with Gasteiger partial charge in [0.1, 0.15) is 5.03 Å². The fraction of sp³-hybridized carbons (Fsp3) is 0.333. The third-order valence-corrected chi connectivity index (χ3v) is 3.34. The first kappa shape index (κ1) is 11.5. The summed E-state index contributed by atoms with van der Waals surface area (Å²) in [6, 6.07) is 1.96. The van der Waals surface area contributed by atoms with Crippen LogP contribution in [0.1, 0.15) is 5.56 Å². The number of carbonyl (C=O) groups excluding carboxylic acids is 1. The van der Waals surface area contributed by atoms with Gasteiger partial charge < -0.3 is 4.74 Å². The Hall–Kier alpha value is -0.550. The Morgan fingerprint density at radius 2 is 2.43 bits per heavy atom. The van der Waals surface area contributed by atoms with Crippen LogP contribution in [0, 0.1) is 6.92 Å². The van der Waals surface area contributed by atoms with Crippen molar-refractivity contribution in [2.75, 3.05) is 12.9 Å². The number of hydrogen-bond acceptors (Lipinski definition) is 4. The molecule has 0 fully saturated rings. The van der Waals surface area contributed by atoms with E-state index in [4.69, 9.17) is 0 Å². The van der Waals surface area contributed by atoms with Gasteiger partial charge in [0.2, 0.25) is 0 Å². The number of thioether (sulfide) groups is 1. The Kier molecular flexibility index (Phi) is 4.41. The Bertz CT molecular complexity index is 344. The van der Waals surface area contributed by atoms with Crippen LogP contribution in [0.2, 0.25) is 0 Å². The number of halogens is 1. The number of pyridine rings is 1. The predicted octanol–water partition coefficient (Wildman–Crippen LogP) is 2.42. The molecule has 3 nitrogen and oxygen atoms in total. The van der Waals surface area contributed by atoms with Crippen molar-refractivity contribution in [2.45, 2.75) is 11.9 Å². The fourth-order valence-corrected chi connectivity index (χ4v) is 2.32. The number of ether oxygens (including phenoxy) is 1. The fourth-order valence-electron chi connectivity index (χ4n) is 0.813. The monoisotopic (exact) mass is 275 g/mol. The standard InChI is InChI=1S/C9H10BrNO2S/c1-6-3-7(10)9(11-4-6)14-5-8(12)13-2/h3-4H,5H2,1-2H3. The van der Waals surface area contributed by atoms with Crippen LogP contribution in [-0.2, 0) is 9.53 Å². The van der Waals surface area contributed by atoms with Gasteiger partial charge in [0.05, 0.1) is 17.3 Å². The second-order valence-electron chi connectivity index (χ2n) is 2.66. The summed E-state index contributed by atoms with van der Waals surface area (Å²) in [6.45, 7) is 1.96. The SMILES string of the molecule is COC(=O)CSc1ncc(C)cc1Br. The number of aryl methyl sites for hydroxylation is 1. The molecule has 0 bridgehead atoms. The lowest BCUT2D eigenvalue weighted by molar-refractivity contribution is -0.137. The molecule has 0 unspecified atom stereocenters. The van der Waals surface area contributed by atoms with Gasteiger partial charge in [-0.05, 0) is 34.5 Å². The molecule has 0 aromatic carbocycles. The molecule has 0 radical (unpaired) electrons. The van der Waals surface area contributed by atoms with Crippen molar-refractivity contribution in [1.82, 2.24) is 4.98 Å². The zero-order valence-corrected chi connectivity index (χ0v) is 10.3. The molecular weight excluding hydrogens is 266 g/mol. The maximum Gasteiger partial charge on any atom is 0.316 e. The summed E-state index contributed by atoms with van der Waals surface area (Å²) in [5.74, 6) is 0.0369. The van der Waals surface area contributed by atoms with Crippen LogP contribution in [0.3, 0.4) is 0 Å². The van der Waals surface area contributed by atoms with Crippen molar-refractivity contribution in [1.29, 1.82) is 0 Å². The van der Waals surface area contributed by atoms with Crippen LogP contribution < -0.4 is 0 Å². The maximum absolute atomic E-state index is 10.9. The predicted molar refractivity (Wildman–Crippen MR) is 59.4 cm³/mol. The van der Waals surface area contributed by atoms with Crippen molar-refractivity contribution >= 4 is 33.7 Å². The number of methoxy groups -OCH3 is 1. The number of nitrogens with zero attached hydrogens (tertiary/aromatic N) is 1. The molecule has 0 spiro atoms. The molecule has 14 heavy (non-hydrogen) atoms. The highest BCUT2D eigenvalue weighted by atomic mass is 79.9. The molecule has 1 aromatic rings. The first-order valence-electron chi connectivity index (χ1n) is 3.95. The van der Waals surface area contributed by atoms with Gasteiger partial charge in [0, 0.05) is 6.20 Å². The van der Waals surface area contributed by atoms with Gasteiger partial charge in [-0.1, -0.05) is 11.8 Å². The number of esters is 1. The summed E-state index contributed by atoms with van der Waals surface area (Å²) in [5, 5.41) is 0.806. The molecule has 76 valence electrons. The van der Waals surface area contributed by atoms with Crippen LogP contribution in [0.25, 0.3) is 0 Å². The van der Waals surface area contributed by atoms with Crippen LogP contribution in [0.15, 0.2) is 21.8 Å². The van der Waals surface area contributed by atoms with E-state index in [1.807, 2.05) is 13.0 Å². The summed E-state index contributed by atoms with van der Waals surface area (Å²) < 4.78 is 5.44. The molecule has 5 heteroatoms. The molecule has 1 heterocycles. The zero-order chi connectivity index (χ0) is 10.6. The van der Waals surface area contributed by atoms with Crippen molar-refractivity contribution in [3.05, 3.63) is 22.3 Å². The zero-order valence-electron chi connectivity index (χ0n) is 7.91. The summed E-state index contributed by atoms with van der Waals surface area (Å²) in [6.07, 6.45) is 1.77. The van der Waals surface area contributed by atoms with Crippen molar-refractivity contribution < 1.29 is 9.53 Å². The second kappa shape index (κ2) is 5.36. The third-order valence-electron chi connectivity index (χ3n) is 1.50. The van der Waals surface area contributed by atoms with E-state index in [1.54, 1.807) is 6.20 Å². The molecule has 1 aromatic heterocycles. The molecule has 0 atom stereocenters. The van der Waals surface area contributed by atoms with Crippen LogP contribution in [0.5, 0.6) is 0 Å². The number of aromatic nitrogens is 1. The number of rotatable bonds is 3. The highest BCUT2D eigenvalue weighted by Gasteiger charge is 2.06. The van der Waals surface area contributed by atoms with Crippen LogP contribution in [0.4, 0.5) is 0 Å². The molecule has 0 aliphatic rings. The van der Waals surface area contributed by atoms with E-state index < -0.39 is 0 Å². The third kappa shape index (κ3) is 3.31. The second-order valence-corrected chi connectivity index (χ2v) is 4.48. The Balaban J connectivity index is 2.63. The van der Waals surface area contributed by atoms with Gasteiger partial charge in [-0.15, -0.1) is 0 Å². The molecule has 0 N–H and O–H groups in total. The van der Waals surface area contributed by atoms with Gasteiger partial charge in [-0.2, -0.15) is 0 Å². The minimum absolute atomic E-state index is 0.246. The van der Waals surface area contributed by atoms with Crippen LogP contribution in [-0.4, -0.2) is 23.8 Å². The highest BCUT2D eigenvalue weighted by Crippen LogP contribution is 2.25. The summed E-state index contributed by atoms with van der Waals surface area (Å²) >= 11 is 4.74. The van der Waals surface area contributed by atoms with Crippen molar-refractivity contribution in [3.63, 3.8) is 0 Å². The molecule has 0 aliphatic carbocycles. The molecule has 1 rings (SSSR count). The Morgan fingerprint density at radius 1 is 1.71 bits per heavy atom. The molecule has 0 saturated carbocycles. The Morgan fingerprint density at radius 3 is 3.00 bits per heavy atom. The maximum atomic E-state index is 10.9. The molecule has 0 saturated heterocycles. The number of hydrogen-bond donors (Lipinski definition) is 0. The van der Waals surface area contributed by atoms with E-state index in [0.29, 0.717) is 0 Å². The largest absolute Gasteiger partial charge is 0.468 e. The topological polar surface area (TPSA) is 39.2 Å². The van der Waals surface area contributed by atoms with E-state index in [1.165, 1.54) is 18.9 Å². The first-order chi connectivity index (χ1) is 6.63. The van der Waals surface area contributed by atoms with E-state index in [-0.39, 0.29) is 11.7 Å². The normalized spacial score (nSPS) is 9.93. The van der Waals surface area contributed by atoms with Gasteiger partial charge in [-0.3, -0.25) is 4.79 Å². The van der Waals surface area contributed by atoms with E-state index in [0.717, 1.165) is 15.1 Å². The summed E-state index contributed by atoms with van der Waals surface area (Å²) in [7, 11) is 1.38. The summed E-state index contributed by atoms with van der Waals surface area (Å²) in [4.78, 5) is 15.1. The minimum atomic E-state index is -0.246. The molecule has 0 amide bonds. The summed E-state index contributed by atoms with van der Waals surface area (Å²) in [5.41, 5.74) is 1.08. The lowest BCUT2D eigenvalue weighted by Gasteiger charge is -2.02. The van der Waals surface area contributed by atoms with Crippen LogP contribution >= 0.6 is 27.7 Å². The quantitative estimate of drug-likeness (QED) is 0.628. The van der Waals surface area contributed by atoms with Gasteiger partial charge in [0.15, 0.2) is 0 Å². The Labute approximate surface area is 95.4 Å². The van der Waals surface area contributed by atoms with E-state index in [2.05, 4.69) is 25.7 Å². The van der Waals surface area contributed by atoms with E-state index in [9.17, 15) is 4.79 Å².